The lowest BCUT2D eigenvalue weighted by atomic mass is 10.2. The maximum Gasteiger partial charge on any atom is 0.140 e. The van der Waals surface area contributed by atoms with Crippen molar-refractivity contribution in [2.75, 3.05) is 12.4 Å². The molecule has 0 radical (unpaired) electrons. The number of nitrogens with one attached hydrogen (secondary N) is 1. The van der Waals surface area contributed by atoms with Crippen LogP contribution in [0.4, 0.5) is 5.82 Å². The molecule has 0 spiro atoms. The van der Waals surface area contributed by atoms with E-state index >= 15 is 0 Å². The van der Waals surface area contributed by atoms with Crippen LogP contribution in [0, 0.1) is 19.3 Å². The van der Waals surface area contributed by atoms with Gasteiger partial charge >= 0.3 is 0 Å². The minimum Gasteiger partial charge on any atom is -0.497 e. The molecule has 3 aromatic heterocycles. The molecule has 0 saturated carbocycles. The fraction of sp³-hybridized carbons (Fsp3) is 0.107. The van der Waals surface area contributed by atoms with Gasteiger partial charge < -0.3 is 10.1 Å². The van der Waals surface area contributed by atoms with Crippen LogP contribution < -0.4 is 10.1 Å². The number of imidazole rings is 1. The Labute approximate surface area is 197 Å². The Hall–Kier alpha value is -4.01. The highest BCUT2D eigenvalue weighted by atomic mass is 32.1. The van der Waals surface area contributed by atoms with Crippen molar-refractivity contribution in [3.63, 3.8) is 0 Å². The number of rotatable bonds is 5. The summed E-state index contributed by atoms with van der Waals surface area (Å²) >= 11 is 1.61. The van der Waals surface area contributed by atoms with Gasteiger partial charge in [0.15, 0.2) is 0 Å². The zero-order valence-electron chi connectivity index (χ0n) is 18.5. The van der Waals surface area contributed by atoms with Crippen molar-refractivity contribution < 1.29 is 4.74 Å². The van der Waals surface area contributed by atoms with Gasteiger partial charge in [-0.05, 0) is 64.9 Å². The Bertz CT molecular complexity index is 1450. The smallest absolute Gasteiger partial charge is 0.140 e. The largest absolute Gasteiger partial charge is 0.497 e. The summed E-state index contributed by atoms with van der Waals surface area (Å²) in [4.78, 5) is 5.85. The molecule has 0 saturated heterocycles. The molecule has 4 aromatic rings. The van der Waals surface area contributed by atoms with Crippen molar-refractivity contribution in [2.24, 2.45) is 0 Å². The minimum atomic E-state index is 0.676. The second-order valence-corrected chi connectivity index (χ2v) is 8.75. The maximum absolute atomic E-state index is 5.68. The van der Waals surface area contributed by atoms with Gasteiger partial charge in [-0.15, -0.1) is 17.8 Å². The molecular formula is C28H23N3OS. The zero-order chi connectivity index (χ0) is 22.8. The molecule has 0 atom stereocenters. The third-order valence-corrected chi connectivity index (χ3v) is 6.45. The molecule has 1 aromatic carbocycles. The standard InChI is InChI=1S/C22H19N3OS.C6H4/c1-4-17-11-12-27-21(17)20-22(25-14-15(2)5-10-19(25)24-20)23-13-16-6-8-18(26-3)9-7-16;1-2-5-4-6(5)3-1/h1,5-12,14,23H,13H2,2-3H3;1-4H. The van der Waals surface area contributed by atoms with Gasteiger partial charge in [0.2, 0.25) is 0 Å². The van der Waals surface area contributed by atoms with Gasteiger partial charge in [-0.3, -0.25) is 4.40 Å². The first-order valence-electron chi connectivity index (χ1n) is 10.7. The summed E-state index contributed by atoms with van der Waals surface area (Å²) in [5, 5.41) is 5.56. The SMILES string of the molecule is C#Cc1ccsc1-c1nc2ccc(C)cn2c1NCc1ccc(OC)cc1.c1cc2cc-2c1. The summed E-state index contributed by atoms with van der Waals surface area (Å²) in [6.45, 7) is 2.75. The normalized spacial score (nSPS) is 10.8. The molecule has 0 unspecified atom stereocenters. The Morgan fingerprint density at radius 3 is 2.48 bits per heavy atom. The lowest BCUT2D eigenvalue weighted by Crippen LogP contribution is -2.03. The molecule has 33 heavy (non-hydrogen) atoms. The quantitative estimate of drug-likeness (QED) is 0.300. The number of aryl methyl sites for hydroxylation is 1. The zero-order valence-corrected chi connectivity index (χ0v) is 19.3. The van der Waals surface area contributed by atoms with E-state index in [0.29, 0.717) is 6.54 Å². The number of nitrogens with zero attached hydrogens (tertiary/aromatic N) is 2. The highest BCUT2D eigenvalue weighted by Crippen LogP contribution is 2.35. The summed E-state index contributed by atoms with van der Waals surface area (Å²) < 4.78 is 7.32. The second kappa shape index (κ2) is 8.85. The van der Waals surface area contributed by atoms with Crippen LogP contribution in [0.2, 0.25) is 0 Å². The predicted molar refractivity (Wildman–Crippen MR) is 137 cm³/mol. The van der Waals surface area contributed by atoms with Crippen LogP contribution in [0.15, 0.2) is 78.3 Å². The number of terminal acetylenes is 1. The molecule has 0 bridgehead atoms. The van der Waals surface area contributed by atoms with E-state index in [2.05, 4.69) is 71.2 Å². The van der Waals surface area contributed by atoms with Crippen LogP contribution in [0.5, 0.6) is 5.75 Å². The van der Waals surface area contributed by atoms with Crippen molar-refractivity contribution in [3.8, 4) is 39.8 Å². The fourth-order valence-corrected chi connectivity index (χ4v) is 4.54. The van der Waals surface area contributed by atoms with Gasteiger partial charge in [0.25, 0.3) is 0 Å². The maximum atomic E-state index is 5.68. The van der Waals surface area contributed by atoms with Gasteiger partial charge in [-0.2, -0.15) is 0 Å². The Morgan fingerprint density at radius 1 is 1.06 bits per heavy atom. The van der Waals surface area contributed by atoms with Gasteiger partial charge in [-0.1, -0.05) is 42.3 Å². The first-order chi connectivity index (χ1) is 16.2. The monoisotopic (exact) mass is 449 g/mol. The topological polar surface area (TPSA) is 38.6 Å². The molecule has 2 aliphatic carbocycles. The van der Waals surface area contributed by atoms with Crippen molar-refractivity contribution in [2.45, 2.75) is 13.5 Å². The van der Waals surface area contributed by atoms with E-state index in [-0.39, 0.29) is 0 Å². The van der Waals surface area contributed by atoms with E-state index in [1.807, 2.05) is 29.6 Å². The van der Waals surface area contributed by atoms with Gasteiger partial charge in [0.05, 0.1) is 12.0 Å². The summed E-state index contributed by atoms with van der Waals surface area (Å²) in [6.07, 6.45) is 7.77. The first-order valence-corrected chi connectivity index (χ1v) is 11.5. The van der Waals surface area contributed by atoms with Crippen LogP contribution in [0.25, 0.3) is 27.3 Å². The summed E-state index contributed by atoms with van der Waals surface area (Å²) in [5.41, 5.74) is 7.83. The van der Waals surface area contributed by atoms with E-state index in [9.17, 15) is 0 Å². The molecule has 5 heteroatoms. The summed E-state index contributed by atoms with van der Waals surface area (Å²) in [5.74, 6) is 4.56. The molecule has 2 aliphatic rings. The molecule has 0 fully saturated rings. The number of hydrogen-bond acceptors (Lipinski definition) is 4. The van der Waals surface area contributed by atoms with Crippen LogP contribution in [-0.4, -0.2) is 16.5 Å². The number of ether oxygens (including phenoxy) is 1. The number of pyridine rings is 1. The van der Waals surface area contributed by atoms with Gasteiger partial charge in [0, 0.05) is 18.3 Å². The number of benzene rings is 2. The van der Waals surface area contributed by atoms with E-state index < -0.39 is 0 Å². The molecule has 4 nitrogen and oxygen atoms in total. The number of hydrogen-bond donors (Lipinski definition) is 1. The number of anilines is 1. The Kier molecular flexibility index (Phi) is 5.60. The van der Waals surface area contributed by atoms with Crippen LogP contribution in [0.3, 0.4) is 0 Å². The molecule has 1 N–H and O–H groups in total. The third kappa shape index (κ3) is 4.34. The molecule has 6 rings (SSSR count). The first kappa shape index (κ1) is 20.9. The highest BCUT2D eigenvalue weighted by Gasteiger charge is 2.17. The van der Waals surface area contributed by atoms with E-state index in [1.54, 1.807) is 18.4 Å². The van der Waals surface area contributed by atoms with Crippen LogP contribution in [0.1, 0.15) is 16.7 Å². The molecule has 3 heterocycles. The minimum absolute atomic E-state index is 0.676. The average Bonchev–Trinajstić information content (AvgIpc) is 3.20. The summed E-state index contributed by atoms with van der Waals surface area (Å²) in [7, 11) is 1.67. The number of aromatic nitrogens is 2. The predicted octanol–water partition coefficient (Wildman–Crippen LogP) is 6.64. The lowest BCUT2D eigenvalue weighted by Gasteiger charge is -2.10. The van der Waals surface area contributed by atoms with Crippen molar-refractivity contribution in [3.05, 3.63) is 95.0 Å². The molecule has 0 amide bonds. The van der Waals surface area contributed by atoms with E-state index in [0.717, 1.165) is 38.9 Å². The van der Waals surface area contributed by atoms with Crippen LogP contribution in [-0.2, 0) is 6.54 Å². The van der Waals surface area contributed by atoms with Crippen LogP contribution >= 0.6 is 11.3 Å². The molecule has 162 valence electrons. The highest BCUT2D eigenvalue weighted by molar-refractivity contribution is 7.13. The van der Waals surface area contributed by atoms with Crippen molar-refractivity contribution >= 4 is 22.8 Å². The lowest BCUT2D eigenvalue weighted by molar-refractivity contribution is 0.414. The Morgan fingerprint density at radius 2 is 1.85 bits per heavy atom. The molecule has 0 aliphatic heterocycles. The number of methoxy groups -OCH3 is 1. The van der Waals surface area contributed by atoms with Crippen molar-refractivity contribution in [1.82, 2.24) is 9.38 Å². The third-order valence-electron chi connectivity index (χ3n) is 5.53. The van der Waals surface area contributed by atoms with Gasteiger partial charge in [0.1, 0.15) is 22.9 Å². The van der Waals surface area contributed by atoms with E-state index in [4.69, 9.17) is 16.1 Å². The van der Waals surface area contributed by atoms with Gasteiger partial charge in [-0.25, -0.2) is 4.98 Å². The number of fused-ring (bicyclic) bond motifs is 2. The average molecular weight is 450 g/mol. The van der Waals surface area contributed by atoms with E-state index in [1.165, 1.54) is 16.7 Å². The summed E-state index contributed by atoms with van der Waals surface area (Å²) in [6, 6.07) is 22.6. The Balaban J connectivity index is 0.000000324. The fourth-order valence-electron chi connectivity index (χ4n) is 3.69. The molecular weight excluding hydrogens is 426 g/mol. The number of thiophene rings is 1. The second-order valence-electron chi connectivity index (χ2n) is 7.83. The van der Waals surface area contributed by atoms with Crippen molar-refractivity contribution in [1.29, 1.82) is 0 Å².